The molecule has 0 fully saturated rings. The van der Waals surface area contributed by atoms with Crippen LogP contribution in [0.5, 0.6) is 0 Å². The van der Waals surface area contributed by atoms with Gasteiger partial charge in [-0.2, -0.15) is 5.26 Å². The quantitative estimate of drug-likeness (QED) is 0.786. The molecule has 1 N–H and O–H groups in total. The molecule has 1 aromatic rings. The summed E-state index contributed by atoms with van der Waals surface area (Å²) in [7, 11) is 1.68. The summed E-state index contributed by atoms with van der Waals surface area (Å²) in [5, 5.41) is 12.3. The average molecular weight is 233 g/mol. The third kappa shape index (κ3) is 4.41. The Hall–Kier alpha value is -1.60. The molecule has 0 aromatic carbocycles. The van der Waals surface area contributed by atoms with E-state index in [0.29, 0.717) is 18.0 Å². The number of ether oxygens (including phenoxy) is 1. The predicted molar refractivity (Wildman–Crippen MR) is 67.8 cm³/mol. The van der Waals surface area contributed by atoms with Crippen LogP contribution in [0.2, 0.25) is 0 Å². The molecule has 4 nitrogen and oxygen atoms in total. The van der Waals surface area contributed by atoms with Crippen molar-refractivity contribution >= 4 is 5.82 Å². The second-order valence-electron chi connectivity index (χ2n) is 3.95. The minimum Gasteiger partial charge on any atom is -0.383 e. The number of nitrogens with zero attached hydrogens (tertiary/aromatic N) is 2. The van der Waals surface area contributed by atoms with Crippen LogP contribution in [0.1, 0.15) is 31.7 Å². The van der Waals surface area contributed by atoms with Crippen molar-refractivity contribution in [2.75, 3.05) is 19.0 Å². The molecule has 92 valence electrons. The van der Waals surface area contributed by atoms with Gasteiger partial charge in [0.1, 0.15) is 11.9 Å². The minimum absolute atomic E-state index is 0.210. The van der Waals surface area contributed by atoms with Gasteiger partial charge in [0.15, 0.2) is 0 Å². The van der Waals surface area contributed by atoms with E-state index >= 15 is 0 Å². The van der Waals surface area contributed by atoms with Gasteiger partial charge >= 0.3 is 0 Å². The molecule has 0 bridgehead atoms. The van der Waals surface area contributed by atoms with Gasteiger partial charge in [-0.05, 0) is 18.6 Å². The Kier molecular flexibility index (Phi) is 6.05. The maximum atomic E-state index is 8.98. The fourth-order valence-corrected chi connectivity index (χ4v) is 1.65. The molecule has 0 amide bonds. The van der Waals surface area contributed by atoms with Crippen LogP contribution in [0, 0.1) is 11.3 Å². The zero-order chi connectivity index (χ0) is 12.5. The first kappa shape index (κ1) is 13.5. The fraction of sp³-hybridized carbons (Fsp3) is 0.538. The van der Waals surface area contributed by atoms with Gasteiger partial charge in [-0.15, -0.1) is 0 Å². The van der Waals surface area contributed by atoms with Gasteiger partial charge in [0.05, 0.1) is 18.2 Å². The second kappa shape index (κ2) is 7.64. The van der Waals surface area contributed by atoms with Crippen molar-refractivity contribution in [3.05, 3.63) is 23.9 Å². The smallest absolute Gasteiger partial charge is 0.144 e. The standard InChI is InChI=1S/C13H19N3O/c1-3-4-7-12(10-17-2)16-13-11(9-14)6-5-8-15-13/h5-6,8,12H,3-4,7,10H2,1-2H3,(H,15,16). The molecule has 0 saturated carbocycles. The van der Waals surface area contributed by atoms with Crippen LogP contribution in [0.4, 0.5) is 5.82 Å². The first-order valence-corrected chi connectivity index (χ1v) is 5.92. The Bertz CT molecular complexity index is 373. The molecule has 0 aliphatic carbocycles. The van der Waals surface area contributed by atoms with Crippen LogP contribution in [-0.2, 0) is 4.74 Å². The van der Waals surface area contributed by atoms with Crippen LogP contribution in [-0.4, -0.2) is 24.7 Å². The third-order valence-electron chi connectivity index (χ3n) is 2.54. The summed E-state index contributed by atoms with van der Waals surface area (Å²) in [6.45, 7) is 2.78. The molecule has 1 atom stereocenters. The number of hydrogen-bond donors (Lipinski definition) is 1. The van der Waals surface area contributed by atoms with Gasteiger partial charge < -0.3 is 10.1 Å². The number of unbranched alkanes of at least 4 members (excludes halogenated alkanes) is 1. The lowest BCUT2D eigenvalue weighted by molar-refractivity contribution is 0.182. The highest BCUT2D eigenvalue weighted by Crippen LogP contribution is 2.13. The molecule has 4 heteroatoms. The van der Waals surface area contributed by atoms with E-state index in [4.69, 9.17) is 10.00 Å². The Morgan fingerprint density at radius 1 is 1.59 bits per heavy atom. The van der Waals surface area contributed by atoms with Crippen LogP contribution in [0.15, 0.2) is 18.3 Å². The number of nitriles is 1. The van der Waals surface area contributed by atoms with Crippen LogP contribution >= 0.6 is 0 Å². The normalized spacial score (nSPS) is 11.8. The second-order valence-corrected chi connectivity index (χ2v) is 3.95. The Morgan fingerprint density at radius 3 is 3.06 bits per heavy atom. The summed E-state index contributed by atoms with van der Waals surface area (Å²) in [4.78, 5) is 4.19. The summed E-state index contributed by atoms with van der Waals surface area (Å²) in [5.41, 5.74) is 0.574. The lowest BCUT2D eigenvalue weighted by Gasteiger charge is -2.18. The van der Waals surface area contributed by atoms with Crippen LogP contribution in [0.25, 0.3) is 0 Å². The SMILES string of the molecule is CCCCC(COC)Nc1ncccc1C#N. The number of hydrogen-bond acceptors (Lipinski definition) is 4. The Morgan fingerprint density at radius 2 is 2.41 bits per heavy atom. The number of nitrogens with one attached hydrogen (secondary N) is 1. The lowest BCUT2D eigenvalue weighted by atomic mass is 10.1. The molecule has 1 heterocycles. The van der Waals surface area contributed by atoms with Gasteiger partial charge in [0, 0.05) is 13.3 Å². The summed E-state index contributed by atoms with van der Waals surface area (Å²) < 4.78 is 5.17. The van der Waals surface area contributed by atoms with E-state index in [1.54, 1.807) is 25.4 Å². The van der Waals surface area contributed by atoms with Gasteiger partial charge in [0.25, 0.3) is 0 Å². The monoisotopic (exact) mass is 233 g/mol. The largest absolute Gasteiger partial charge is 0.383 e. The zero-order valence-corrected chi connectivity index (χ0v) is 10.4. The van der Waals surface area contributed by atoms with E-state index in [0.717, 1.165) is 19.3 Å². The summed E-state index contributed by atoms with van der Waals surface area (Å²) in [6, 6.07) is 5.87. The molecule has 0 aliphatic rings. The number of aromatic nitrogens is 1. The maximum absolute atomic E-state index is 8.98. The first-order chi connectivity index (χ1) is 8.31. The molecule has 1 aromatic heterocycles. The summed E-state index contributed by atoms with van der Waals surface area (Å²) in [6.07, 6.45) is 4.99. The minimum atomic E-state index is 0.210. The molecule has 1 unspecified atom stereocenters. The fourth-order valence-electron chi connectivity index (χ4n) is 1.65. The lowest BCUT2D eigenvalue weighted by Crippen LogP contribution is -2.25. The highest BCUT2D eigenvalue weighted by atomic mass is 16.5. The molecule has 0 spiro atoms. The highest BCUT2D eigenvalue weighted by Gasteiger charge is 2.10. The van der Waals surface area contributed by atoms with E-state index < -0.39 is 0 Å². The first-order valence-electron chi connectivity index (χ1n) is 5.92. The van der Waals surface area contributed by atoms with Crippen molar-refractivity contribution in [2.24, 2.45) is 0 Å². The predicted octanol–water partition coefficient (Wildman–Crippen LogP) is 2.57. The van der Waals surface area contributed by atoms with Crippen LogP contribution in [0.3, 0.4) is 0 Å². The molecule has 0 aliphatic heterocycles. The maximum Gasteiger partial charge on any atom is 0.144 e. The van der Waals surface area contributed by atoms with Gasteiger partial charge in [-0.3, -0.25) is 0 Å². The van der Waals surface area contributed by atoms with Crippen molar-refractivity contribution in [3.8, 4) is 6.07 Å². The van der Waals surface area contributed by atoms with E-state index in [1.165, 1.54) is 0 Å². The van der Waals surface area contributed by atoms with Gasteiger partial charge in [-0.25, -0.2) is 4.98 Å². The summed E-state index contributed by atoms with van der Waals surface area (Å²) in [5.74, 6) is 0.646. The molecule has 0 radical (unpaired) electrons. The zero-order valence-electron chi connectivity index (χ0n) is 10.4. The molecule has 17 heavy (non-hydrogen) atoms. The molecular formula is C13H19N3O. The number of anilines is 1. The van der Waals surface area contributed by atoms with E-state index in [2.05, 4.69) is 23.3 Å². The molecular weight excluding hydrogens is 214 g/mol. The topological polar surface area (TPSA) is 57.9 Å². The summed E-state index contributed by atoms with van der Waals surface area (Å²) >= 11 is 0. The van der Waals surface area contributed by atoms with E-state index in [9.17, 15) is 0 Å². The van der Waals surface area contributed by atoms with Gasteiger partial charge in [-0.1, -0.05) is 19.8 Å². The van der Waals surface area contributed by atoms with Crippen molar-refractivity contribution in [2.45, 2.75) is 32.2 Å². The molecule has 1 rings (SSSR count). The van der Waals surface area contributed by atoms with Crippen molar-refractivity contribution in [1.29, 1.82) is 5.26 Å². The Balaban J connectivity index is 2.68. The van der Waals surface area contributed by atoms with Crippen LogP contribution < -0.4 is 5.32 Å². The number of methoxy groups -OCH3 is 1. The van der Waals surface area contributed by atoms with Gasteiger partial charge in [0.2, 0.25) is 0 Å². The van der Waals surface area contributed by atoms with E-state index in [-0.39, 0.29) is 6.04 Å². The van der Waals surface area contributed by atoms with Crippen molar-refractivity contribution < 1.29 is 4.74 Å². The molecule has 0 saturated heterocycles. The number of rotatable bonds is 7. The average Bonchev–Trinajstić information content (AvgIpc) is 2.37. The van der Waals surface area contributed by atoms with Crippen molar-refractivity contribution in [3.63, 3.8) is 0 Å². The Labute approximate surface area is 103 Å². The van der Waals surface area contributed by atoms with E-state index in [1.807, 2.05) is 0 Å². The number of pyridine rings is 1. The third-order valence-corrected chi connectivity index (χ3v) is 2.54. The highest BCUT2D eigenvalue weighted by molar-refractivity contribution is 5.51. The van der Waals surface area contributed by atoms with Crippen molar-refractivity contribution in [1.82, 2.24) is 4.98 Å².